The van der Waals surface area contributed by atoms with Crippen molar-refractivity contribution in [1.82, 2.24) is 0 Å². The van der Waals surface area contributed by atoms with Crippen molar-refractivity contribution in [2.24, 2.45) is 11.7 Å². The van der Waals surface area contributed by atoms with Crippen LogP contribution in [0.3, 0.4) is 0 Å². The lowest BCUT2D eigenvalue weighted by atomic mass is 9.85. The third-order valence-corrected chi connectivity index (χ3v) is 2.19. The summed E-state index contributed by atoms with van der Waals surface area (Å²) in [7, 11) is 0. The SMILES string of the molecule is Cl.NC[C@@H]1CCC(F)(F)C[C@@H]1F. The van der Waals surface area contributed by atoms with E-state index in [0.717, 1.165) is 0 Å². The van der Waals surface area contributed by atoms with Crippen molar-refractivity contribution in [3.05, 3.63) is 0 Å². The van der Waals surface area contributed by atoms with Crippen LogP contribution >= 0.6 is 12.4 Å². The molecule has 0 spiro atoms. The summed E-state index contributed by atoms with van der Waals surface area (Å²) in [6.07, 6.45) is -2.06. The van der Waals surface area contributed by atoms with E-state index in [2.05, 4.69) is 0 Å². The summed E-state index contributed by atoms with van der Waals surface area (Å²) in [5.74, 6) is -3.15. The Morgan fingerprint density at radius 1 is 1.42 bits per heavy atom. The lowest BCUT2D eigenvalue weighted by Gasteiger charge is -2.30. The summed E-state index contributed by atoms with van der Waals surface area (Å²) in [6, 6.07) is 0. The van der Waals surface area contributed by atoms with Crippen LogP contribution in [0.15, 0.2) is 0 Å². The Morgan fingerprint density at radius 3 is 2.42 bits per heavy atom. The lowest BCUT2D eigenvalue weighted by Crippen LogP contribution is -2.37. The molecule has 5 heteroatoms. The minimum Gasteiger partial charge on any atom is -0.330 e. The van der Waals surface area contributed by atoms with Crippen LogP contribution in [-0.2, 0) is 0 Å². The fraction of sp³-hybridized carbons (Fsp3) is 1.00. The number of rotatable bonds is 1. The molecule has 0 aromatic heterocycles. The Kier molecular flexibility index (Phi) is 4.34. The van der Waals surface area contributed by atoms with Gasteiger partial charge in [0.2, 0.25) is 0 Å². The summed E-state index contributed by atoms with van der Waals surface area (Å²) >= 11 is 0. The molecule has 1 aliphatic carbocycles. The van der Waals surface area contributed by atoms with Crippen LogP contribution in [0.2, 0.25) is 0 Å². The van der Waals surface area contributed by atoms with E-state index in [0.29, 0.717) is 0 Å². The monoisotopic (exact) mass is 203 g/mol. The largest absolute Gasteiger partial charge is 0.330 e. The molecule has 0 saturated heterocycles. The Hall–Kier alpha value is 0.0400. The van der Waals surface area contributed by atoms with Crippen molar-refractivity contribution in [3.8, 4) is 0 Å². The first-order chi connectivity index (χ1) is 5.05. The van der Waals surface area contributed by atoms with Crippen LogP contribution in [0.5, 0.6) is 0 Å². The van der Waals surface area contributed by atoms with Gasteiger partial charge in [0.1, 0.15) is 6.17 Å². The van der Waals surface area contributed by atoms with E-state index in [1.807, 2.05) is 0 Å². The molecule has 1 aliphatic rings. The molecule has 1 saturated carbocycles. The van der Waals surface area contributed by atoms with Gasteiger partial charge in [-0.05, 0) is 13.0 Å². The number of hydrogen-bond acceptors (Lipinski definition) is 1. The average molecular weight is 204 g/mol. The van der Waals surface area contributed by atoms with Crippen molar-refractivity contribution >= 4 is 12.4 Å². The zero-order chi connectivity index (χ0) is 8.48. The maximum Gasteiger partial charge on any atom is 0.250 e. The lowest BCUT2D eigenvalue weighted by molar-refractivity contribution is -0.0744. The number of nitrogens with two attached hydrogens (primary N) is 1. The molecule has 2 N–H and O–H groups in total. The molecular formula is C7H13ClF3N. The van der Waals surface area contributed by atoms with Crippen LogP contribution in [0, 0.1) is 5.92 Å². The second-order valence-corrected chi connectivity index (χ2v) is 3.11. The van der Waals surface area contributed by atoms with Gasteiger partial charge in [0.15, 0.2) is 0 Å². The quantitative estimate of drug-likeness (QED) is 0.694. The van der Waals surface area contributed by atoms with Gasteiger partial charge in [-0.15, -0.1) is 12.4 Å². The second kappa shape index (κ2) is 4.33. The van der Waals surface area contributed by atoms with Crippen molar-refractivity contribution < 1.29 is 13.2 Å². The average Bonchev–Trinajstić information content (AvgIpc) is 1.86. The van der Waals surface area contributed by atoms with Gasteiger partial charge in [0.25, 0.3) is 5.92 Å². The molecule has 2 atom stereocenters. The zero-order valence-electron chi connectivity index (χ0n) is 6.60. The second-order valence-electron chi connectivity index (χ2n) is 3.11. The van der Waals surface area contributed by atoms with E-state index < -0.39 is 18.5 Å². The molecule has 74 valence electrons. The molecule has 1 nitrogen and oxygen atoms in total. The van der Waals surface area contributed by atoms with E-state index in [1.165, 1.54) is 0 Å². The number of halogens is 4. The first-order valence-electron chi connectivity index (χ1n) is 3.77. The summed E-state index contributed by atoms with van der Waals surface area (Å²) in [5, 5.41) is 0. The Balaban J connectivity index is 0.00000121. The predicted octanol–water partition coefficient (Wildman–Crippen LogP) is 2.14. The Morgan fingerprint density at radius 2 is 2.00 bits per heavy atom. The molecule has 0 unspecified atom stereocenters. The van der Waals surface area contributed by atoms with Crippen molar-refractivity contribution in [3.63, 3.8) is 0 Å². The minimum absolute atomic E-state index is 0. The van der Waals surface area contributed by atoms with Gasteiger partial charge < -0.3 is 5.73 Å². The van der Waals surface area contributed by atoms with Crippen molar-refractivity contribution in [2.45, 2.75) is 31.4 Å². The third kappa shape index (κ3) is 2.83. The molecule has 0 heterocycles. The highest BCUT2D eigenvalue weighted by atomic mass is 35.5. The molecule has 0 aliphatic heterocycles. The van der Waals surface area contributed by atoms with E-state index in [1.54, 1.807) is 0 Å². The van der Waals surface area contributed by atoms with E-state index in [9.17, 15) is 13.2 Å². The highest BCUT2D eigenvalue weighted by Crippen LogP contribution is 2.37. The highest BCUT2D eigenvalue weighted by Gasteiger charge is 2.40. The summed E-state index contributed by atoms with van der Waals surface area (Å²) < 4.78 is 37.8. The van der Waals surface area contributed by atoms with Gasteiger partial charge in [-0.2, -0.15) is 0 Å². The van der Waals surface area contributed by atoms with Crippen LogP contribution in [0.4, 0.5) is 13.2 Å². The highest BCUT2D eigenvalue weighted by molar-refractivity contribution is 5.85. The molecule has 12 heavy (non-hydrogen) atoms. The smallest absolute Gasteiger partial charge is 0.250 e. The van der Waals surface area contributed by atoms with E-state index in [4.69, 9.17) is 5.73 Å². The van der Waals surface area contributed by atoms with Gasteiger partial charge in [-0.25, -0.2) is 13.2 Å². The molecule has 1 fully saturated rings. The summed E-state index contributed by atoms with van der Waals surface area (Å²) in [6.45, 7) is 0.178. The molecule has 0 bridgehead atoms. The van der Waals surface area contributed by atoms with Crippen molar-refractivity contribution in [2.75, 3.05) is 6.54 Å². The van der Waals surface area contributed by atoms with Gasteiger partial charge in [-0.3, -0.25) is 0 Å². The fourth-order valence-electron chi connectivity index (χ4n) is 1.40. The van der Waals surface area contributed by atoms with E-state index in [-0.39, 0.29) is 37.7 Å². The van der Waals surface area contributed by atoms with Gasteiger partial charge in [0.05, 0.1) is 0 Å². The summed E-state index contributed by atoms with van der Waals surface area (Å²) in [5.41, 5.74) is 5.20. The van der Waals surface area contributed by atoms with Crippen LogP contribution < -0.4 is 5.73 Å². The standard InChI is InChI=1S/C7H12F3N.ClH/c8-6-3-7(9,10)2-1-5(6)4-11;/h5-6H,1-4,11H2;1H/t5-,6-;/m0./s1. The molecule has 0 amide bonds. The maximum absolute atomic E-state index is 12.8. The predicted molar refractivity (Wildman–Crippen MR) is 43.5 cm³/mol. The number of hydrogen-bond donors (Lipinski definition) is 1. The third-order valence-electron chi connectivity index (χ3n) is 2.19. The van der Waals surface area contributed by atoms with Crippen LogP contribution in [-0.4, -0.2) is 18.6 Å². The Labute approximate surface area is 75.9 Å². The molecular weight excluding hydrogens is 191 g/mol. The van der Waals surface area contributed by atoms with Gasteiger partial charge in [-0.1, -0.05) is 0 Å². The Bertz CT molecular complexity index is 143. The maximum atomic E-state index is 12.8. The number of alkyl halides is 3. The van der Waals surface area contributed by atoms with Crippen LogP contribution in [0.25, 0.3) is 0 Å². The minimum atomic E-state index is -2.80. The fourth-order valence-corrected chi connectivity index (χ4v) is 1.40. The molecule has 0 aromatic carbocycles. The zero-order valence-corrected chi connectivity index (χ0v) is 7.42. The van der Waals surface area contributed by atoms with E-state index >= 15 is 0 Å². The molecule has 1 rings (SSSR count). The first kappa shape index (κ1) is 12.0. The molecule has 0 aromatic rings. The molecule has 0 radical (unpaired) electrons. The first-order valence-corrected chi connectivity index (χ1v) is 3.77. The topological polar surface area (TPSA) is 26.0 Å². The van der Waals surface area contributed by atoms with Gasteiger partial charge in [0, 0.05) is 18.8 Å². The van der Waals surface area contributed by atoms with Gasteiger partial charge >= 0.3 is 0 Å². The van der Waals surface area contributed by atoms with Crippen molar-refractivity contribution in [1.29, 1.82) is 0 Å². The normalized spacial score (nSPS) is 34.0. The summed E-state index contributed by atoms with van der Waals surface area (Å²) in [4.78, 5) is 0. The van der Waals surface area contributed by atoms with Crippen LogP contribution in [0.1, 0.15) is 19.3 Å².